The lowest BCUT2D eigenvalue weighted by atomic mass is 9.90. The molecule has 0 saturated heterocycles. The smallest absolute Gasteiger partial charge is 0.350 e. The van der Waals surface area contributed by atoms with E-state index in [2.05, 4.69) is 0 Å². The van der Waals surface area contributed by atoms with E-state index in [0.29, 0.717) is 145 Å². The van der Waals surface area contributed by atoms with Gasteiger partial charge >= 0.3 is 30.4 Å². The second kappa shape index (κ2) is 39.3. The highest BCUT2D eigenvalue weighted by Crippen LogP contribution is 2.80. The van der Waals surface area contributed by atoms with Gasteiger partial charge in [-0.15, -0.1) is 0 Å². The van der Waals surface area contributed by atoms with Gasteiger partial charge < -0.3 is 55.9 Å². The minimum absolute atomic E-state index is 0.0346. The van der Waals surface area contributed by atoms with E-state index in [-0.39, 0.29) is 90.0 Å². The fraction of sp³-hybridized carbons (Fsp3) is 0.647. The van der Waals surface area contributed by atoms with Crippen LogP contribution in [0.1, 0.15) is 251 Å². The molecule has 496 valence electrons. The lowest BCUT2D eigenvalue weighted by molar-refractivity contribution is 0.175. The van der Waals surface area contributed by atoms with E-state index in [1.807, 2.05) is 106 Å². The standard InChI is InChI=1S/C68H108O16P4/c1-11-21-37-77-85(71,78-38-22-12-2)67(86(72,79-39-23-13-3)80-40-24-14-4)61-49-57-45-53-31-29-33-55(65(53)75-35-19-9)47-59-51-62(52-60(64(59)70)48-56-34-30-32-54(66(56)76-36-20-10)46-58(50-61)63(57)69)68(87(73,81-41-25-15-5)82-42-26-16-6)88(74,83-43-27-17-7)84-44-28-18-8/h29-34,49-52,67-70H,11-28,35-48H2,1-10H3. The number of aromatic hydroxyl groups is 2. The molecular formula is C68H108O16P4. The van der Waals surface area contributed by atoms with Gasteiger partial charge in [0.05, 0.1) is 66.1 Å². The van der Waals surface area contributed by atoms with Gasteiger partial charge in [-0.25, -0.2) is 0 Å². The molecule has 0 amide bonds. The van der Waals surface area contributed by atoms with E-state index >= 15 is 18.3 Å². The van der Waals surface area contributed by atoms with Crippen LogP contribution in [0.3, 0.4) is 0 Å². The summed E-state index contributed by atoms with van der Waals surface area (Å²) in [4.78, 5) is 0. The van der Waals surface area contributed by atoms with Crippen molar-refractivity contribution in [1.82, 2.24) is 0 Å². The Morgan fingerprint density at radius 3 is 0.705 bits per heavy atom. The maximum absolute atomic E-state index is 16.1. The summed E-state index contributed by atoms with van der Waals surface area (Å²) < 4.78 is 130. The van der Waals surface area contributed by atoms with Gasteiger partial charge in [0.1, 0.15) is 23.0 Å². The molecule has 5 rings (SSSR count). The summed E-state index contributed by atoms with van der Waals surface area (Å²) >= 11 is 0. The highest BCUT2D eigenvalue weighted by atomic mass is 31.2. The molecule has 4 aromatic carbocycles. The third-order valence-electron chi connectivity index (χ3n) is 15.3. The molecule has 1 aliphatic carbocycles. The molecule has 0 spiro atoms. The Morgan fingerprint density at radius 1 is 0.318 bits per heavy atom. The average Bonchev–Trinajstić information content (AvgIpc) is 0.812. The number of hydrogen-bond acceptors (Lipinski definition) is 16. The van der Waals surface area contributed by atoms with Gasteiger partial charge in [0.15, 0.2) is 10.8 Å². The molecule has 4 aromatic rings. The highest BCUT2D eigenvalue weighted by Gasteiger charge is 2.54. The van der Waals surface area contributed by atoms with E-state index in [4.69, 9.17) is 45.7 Å². The Morgan fingerprint density at radius 2 is 0.523 bits per heavy atom. The number of phenolic OH excluding ortho intramolecular Hbond substituents is 2. The van der Waals surface area contributed by atoms with Crippen molar-refractivity contribution in [2.24, 2.45) is 0 Å². The molecule has 0 unspecified atom stereocenters. The van der Waals surface area contributed by atoms with Gasteiger partial charge in [-0.2, -0.15) is 0 Å². The van der Waals surface area contributed by atoms with Crippen molar-refractivity contribution in [2.75, 3.05) is 66.1 Å². The summed E-state index contributed by atoms with van der Waals surface area (Å²) in [7, 11) is -17.8. The second-order valence-corrected chi connectivity index (χ2v) is 32.3. The third kappa shape index (κ3) is 21.4. The van der Waals surface area contributed by atoms with Crippen LogP contribution in [-0.2, 0) is 80.1 Å². The molecule has 8 bridgehead atoms. The molecule has 0 saturated carbocycles. The highest BCUT2D eigenvalue weighted by molar-refractivity contribution is 7.72. The minimum Gasteiger partial charge on any atom is -0.507 e. The van der Waals surface area contributed by atoms with Gasteiger partial charge in [-0.05, 0) is 120 Å². The van der Waals surface area contributed by atoms with Crippen LogP contribution in [0.15, 0.2) is 60.7 Å². The van der Waals surface area contributed by atoms with Crippen molar-refractivity contribution in [3.63, 3.8) is 0 Å². The van der Waals surface area contributed by atoms with E-state index in [1.165, 1.54) is 0 Å². The largest absolute Gasteiger partial charge is 0.507 e. The lowest BCUT2D eigenvalue weighted by Gasteiger charge is -2.33. The average molecular weight is 1310 g/mol. The first-order valence-corrected chi connectivity index (χ1v) is 39.7. The van der Waals surface area contributed by atoms with Gasteiger partial charge in [0, 0.05) is 25.7 Å². The molecule has 0 fully saturated rings. The quantitative estimate of drug-likeness (QED) is 0.0275. The molecule has 88 heavy (non-hydrogen) atoms. The molecule has 0 aromatic heterocycles. The Labute approximate surface area is 528 Å². The molecule has 1 aliphatic rings. The van der Waals surface area contributed by atoms with E-state index in [0.717, 1.165) is 51.4 Å². The predicted molar refractivity (Wildman–Crippen MR) is 355 cm³/mol. The lowest BCUT2D eigenvalue weighted by Crippen LogP contribution is -2.15. The van der Waals surface area contributed by atoms with E-state index in [1.54, 1.807) is 24.3 Å². The number of unbranched alkanes of at least 4 members (excludes halogenated alkanes) is 8. The second-order valence-electron chi connectivity index (χ2n) is 23.0. The maximum atomic E-state index is 16.1. The van der Waals surface area contributed by atoms with Crippen LogP contribution in [0.2, 0.25) is 0 Å². The molecule has 2 N–H and O–H groups in total. The van der Waals surface area contributed by atoms with Gasteiger partial charge in [-0.1, -0.05) is 181 Å². The van der Waals surface area contributed by atoms with E-state index in [9.17, 15) is 10.2 Å². The third-order valence-corrected chi connectivity index (χ3v) is 26.6. The SMILES string of the molecule is CCCCOP(=O)(OCCCC)C(c1cc2c(O)c(c1)Cc1cccc(c1OCCC)Cc1cc(C(P(=O)(OCCCC)OCCCC)P(=O)(OCCCC)OCCCC)cc(c1O)Cc1cccc(c1OCCC)C2)P(=O)(OCCCC)OCCCC. The first-order chi connectivity index (χ1) is 42.5. The van der Waals surface area contributed by atoms with Crippen LogP contribution in [0, 0.1) is 0 Å². The molecular weight excluding hydrogens is 1200 g/mol. The molecule has 0 aliphatic heterocycles. The van der Waals surface area contributed by atoms with Crippen LogP contribution in [-0.4, -0.2) is 76.3 Å². The number of para-hydroxylation sites is 2. The molecule has 0 radical (unpaired) electrons. The number of ether oxygens (including phenoxy) is 2. The zero-order valence-corrected chi connectivity index (χ0v) is 58.5. The molecule has 0 heterocycles. The summed E-state index contributed by atoms with van der Waals surface area (Å²) in [5.74, 6) is 0.937. The number of rotatable bonds is 44. The zero-order chi connectivity index (χ0) is 64.0. The minimum atomic E-state index is -4.45. The Balaban J connectivity index is 1.96. The Kier molecular flexibility index (Phi) is 33.7. The van der Waals surface area contributed by atoms with Crippen molar-refractivity contribution in [2.45, 2.75) is 221 Å². The van der Waals surface area contributed by atoms with Crippen LogP contribution in [0.4, 0.5) is 0 Å². The van der Waals surface area contributed by atoms with Gasteiger partial charge in [0.2, 0.25) is 0 Å². The summed E-state index contributed by atoms with van der Waals surface area (Å²) in [5, 5.41) is 22.8. The van der Waals surface area contributed by atoms with Crippen LogP contribution in [0.25, 0.3) is 0 Å². The number of hydrogen-bond donors (Lipinski definition) is 2. The summed E-state index contributed by atoms with van der Waals surface area (Å²) in [6.45, 7) is 21.3. The summed E-state index contributed by atoms with van der Waals surface area (Å²) in [6.07, 6.45) is 12.1. The predicted octanol–water partition coefficient (Wildman–Crippen LogP) is 20.7. The van der Waals surface area contributed by atoms with Gasteiger partial charge in [-0.3, -0.25) is 18.3 Å². The van der Waals surface area contributed by atoms with Crippen molar-refractivity contribution in [1.29, 1.82) is 0 Å². The maximum Gasteiger partial charge on any atom is 0.350 e. The normalized spacial score (nSPS) is 13.2. The van der Waals surface area contributed by atoms with E-state index < -0.39 is 41.2 Å². The number of phenols is 2. The molecule has 16 nitrogen and oxygen atoms in total. The summed E-state index contributed by atoms with van der Waals surface area (Å²) in [5.41, 5.74) is 4.97. The fourth-order valence-corrected chi connectivity index (χ4v) is 21.2. The summed E-state index contributed by atoms with van der Waals surface area (Å²) in [6, 6.07) is 18.4. The van der Waals surface area contributed by atoms with Crippen LogP contribution in [0.5, 0.6) is 23.0 Å². The fourth-order valence-electron chi connectivity index (χ4n) is 10.3. The zero-order valence-electron chi connectivity index (χ0n) is 55.0. The van der Waals surface area contributed by atoms with Crippen molar-refractivity contribution in [3.8, 4) is 23.0 Å². The molecule has 20 heteroatoms. The molecule has 0 atom stereocenters. The van der Waals surface area contributed by atoms with Crippen LogP contribution >= 0.6 is 30.4 Å². The monoisotopic (exact) mass is 1300 g/mol. The first kappa shape index (κ1) is 75.4. The van der Waals surface area contributed by atoms with Gasteiger partial charge in [0.25, 0.3) is 0 Å². The number of fused-ring (bicyclic) bond motifs is 8. The van der Waals surface area contributed by atoms with Crippen LogP contribution < -0.4 is 9.47 Å². The Hall–Kier alpha value is -3.32. The first-order valence-electron chi connectivity index (χ1n) is 33.2. The van der Waals surface area contributed by atoms with Crippen molar-refractivity contribution in [3.05, 3.63) is 116 Å². The topological polar surface area (TPSA) is 201 Å². The van der Waals surface area contributed by atoms with Crippen molar-refractivity contribution < 1.29 is 74.1 Å². The Bertz CT molecular complexity index is 2500. The van der Waals surface area contributed by atoms with Crippen molar-refractivity contribution >= 4 is 30.4 Å². The number of benzene rings is 4.